The standard InChI is InChI=1S/C11H24N2O3/c1-9(13(3)4)8-12-11(2,10(14)15)6-7-16-5/h9,12H,6-8H2,1-5H3,(H,14,15). The van der Waals surface area contributed by atoms with Gasteiger partial charge in [-0.15, -0.1) is 0 Å². The first kappa shape index (κ1) is 15.3. The smallest absolute Gasteiger partial charge is 0.323 e. The zero-order valence-electron chi connectivity index (χ0n) is 10.9. The number of nitrogens with one attached hydrogen (secondary N) is 1. The zero-order chi connectivity index (χ0) is 12.8. The Labute approximate surface area is 97.8 Å². The summed E-state index contributed by atoms with van der Waals surface area (Å²) in [6, 6.07) is 0.293. The molecule has 0 saturated carbocycles. The van der Waals surface area contributed by atoms with E-state index in [0.29, 0.717) is 25.6 Å². The Hall–Kier alpha value is -0.650. The molecule has 0 rings (SSSR count). The van der Waals surface area contributed by atoms with Crippen LogP contribution in [0, 0.1) is 0 Å². The minimum Gasteiger partial charge on any atom is -0.480 e. The predicted molar refractivity (Wildman–Crippen MR) is 63.7 cm³/mol. The highest BCUT2D eigenvalue weighted by Crippen LogP contribution is 2.10. The monoisotopic (exact) mass is 232 g/mol. The number of nitrogens with zero attached hydrogens (tertiary/aromatic N) is 1. The maximum atomic E-state index is 11.2. The van der Waals surface area contributed by atoms with Crippen LogP contribution in [0.25, 0.3) is 0 Å². The fraction of sp³-hybridized carbons (Fsp3) is 0.909. The van der Waals surface area contributed by atoms with Crippen LogP contribution in [0.3, 0.4) is 0 Å². The number of rotatable bonds is 8. The fourth-order valence-electron chi connectivity index (χ4n) is 1.13. The lowest BCUT2D eigenvalue weighted by Gasteiger charge is -2.29. The van der Waals surface area contributed by atoms with E-state index >= 15 is 0 Å². The van der Waals surface area contributed by atoms with Crippen molar-refractivity contribution in [3.8, 4) is 0 Å². The van der Waals surface area contributed by atoms with E-state index in [1.165, 1.54) is 0 Å². The van der Waals surface area contributed by atoms with Gasteiger partial charge in [0.25, 0.3) is 0 Å². The van der Waals surface area contributed by atoms with Crippen molar-refractivity contribution in [1.29, 1.82) is 0 Å². The van der Waals surface area contributed by atoms with Crippen LogP contribution >= 0.6 is 0 Å². The topological polar surface area (TPSA) is 61.8 Å². The molecule has 2 unspecified atom stereocenters. The Bertz CT molecular complexity index is 221. The molecule has 0 aromatic carbocycles. The summed E-state index contributed by atoms with van der Waals surface area (Å²) in [5.41, 5.74) is -0.916. The van der Waals surface area contributed by atoms with Crippen LogP contribution in [0.1, 0.15) is 20.3 Å². The molecule has 0 bridgehead atoms. The van der Waals surface area contributed by atoms with Crippen LogP contribution in [0.15, 0.2) is 0 Å². The van der Waals surface area contributed by atoms with Gasteiger partial charge in [0, 0.05) is 26.3 Å². The van der Waals surface area contributed by atoms with Gasteiger partial charge in [-0.25, -0.2) is 0 Å². The molecule has 0 aliphatic rings. The summed E-state index contributed by atoms with van der Waals surface area (Å²) in [6.45, 7) is 4.81. The molecule has 0 spiro atoms. The van der Waals surface area contributed by atoms with E-state index in [9.17, 15) is 9.90 Å². The van der Waals surface area contributed by atoms with Gasteiger partial charge in [-0.05, 0) is 34.4 Å². The summed E-state index contributed by atoms with van der Waals surface area (Å²) in [7, 11) is 5.52. The van der Waals surface area contributed by atoms with Crippen molar-refractivity contribution in [2.45, 2.75) is 31.8 Å². The average molecular weight is 232 g/mol. The fourth-order valence-corrected chi connectivity index (χ4v) is 1.13. The number of methoxy groups -OCH3 is 1. The van der Waals surface area contributed by atoms with Crippen molar-refractivity contribution < 1.29 is 14.6 Å². The molecule has 5 nitrogen and oxygen atoms in total. The number of hydrogen-bond donors (Lipinski definition) is 2. The van der Waals surface area contributed by atoms with Crippen molar-refractivity contribution >= 4 is 5.97 Å². The first-order valence-electron chi connectivity index (χ1n) is 5.47. The zero-order valence-corrected chi connectivity index (χ0v) is 10.9. The Balaban J connectivity index is 4.27. The second-order valence-corrected chi connectivity index (χ2v) is 4.57. The number of ether oxygens (including phenoxy) is 1. The van der Waals surface area contributed by atoms with Gasteiger partial charge in [0.1, 0.15) is 5.54 Å². The van der Waals surface area contributed by atoms with E-state index in [-0.39, 0.29) is 0 Å². The van der Waals surface area contributed by atoms with E-state index in [4.69, 9.17) is 4.74 Å². The molecule has 0 fully saturated rings. The van der Waals surface area contributed by atoms with Crippen molar-refractivity contribution in [2.24, 2.45) is 0 Å². The number of hydrogen-bond acceptors (Lipinski definition) is 4. The van der Waals surface area contributed by atoms with Gasteiger partial charge in [0.2, 0.25) is 0 Å². The molecule has 0 radical (unpaired) electrons. The molecule has 0 amide bonds. The molecule has 0 aliphatic heterocycles. The molecule has 2 atom stereocenters. The summed E-state index contributed by atoms with van der Waals surface area (Å²) < 4.78 is 4.93. The second kappa shape index (κ2) is 6.83. The molecule has 0 heterocycles. The van der Waals surface area contributed by atoms with E-state index in [0.717, 1.165) is 0 Å². The maximum absolute atomic E-state index is 11.2. The highest BCUT2D eigenvalue weighted by Gasteiger charge is 2.32. The summed E-state index contributed by atoms with van der Waals surface area (Å²) >= 11 is 0. The van der Waals surface area contributed by atoms with Gasteiger partial charge >= 0.3 is 5.97 Å². The van der Waals surface area contributed by atoms with Crippen LogP contribution in [0.4, 0.5) is 0 Å². The maximum Gasteiger partial charge on any atom is 0.323 e. The number of carboxylic acid groups (broad SMARTS) is 1. The largest absolute Gasteiger partial charge is 0.480 e. The van der Waals surface area contributed by atoms with Crippen LogP contribution in [0.2, 0.25) is 0 Å². The van der Waals surface area contributed by atoms with Crippen LogP contribution in [0.5, 0.6) is 0 Å². The second-order valence-electron chi connectivity index (χ2n) is 4.57. The van der Waals surface area contributed by atoms with E-state index < -0.39 is 11.5 Å². The minimum absolute atomic E-state index is 0.293. The van der Waals surface area contributed by atoms with E-state index in [2.05, 4.69) is 5.32 Å². The van der Waals surface area contributed by atoms with Crippen molar-refractivity contribution in [3.63, 3.8) is 0 Å². The molecule has 0 saturated heterocycles. The SMILES string of the molecule is COCCC(C)(NCC(C)N(C)C)C(=O)O. The number of carboxylic acids is 1. The van der Waals surface area contributed by atoms with Crippen molar-refractivity contribution in [2.75, 3.05) is 34.4 Å². The minimum atomic E-state index is -0.916. The molecule has 0 aromatic rings. The highest BCUT2D eigenvalue weighted by atomic mass is 16.5. The first-order chi connectivity index (χ1) is 7.33. The molecule has 5 heteroatoms. The molecule has 96 valence electrons. The first-order valence-corrected chi connectivity index (χ1v) is 5.47. The van der Waals surface area contributed by atoms with E-state index in [1.54, 1.807) is 14.0 Å². The number of aliphatic carboxylic acids is 1. The molecule has 16 heavy (non-hydrogen) atoms. The summed E-state index contributed by atoms with van der Waals surface area (Å²) in [6.07, 6.45) is 0.457. The molecular formula is C11H24N2O3. The van der Waals surface area contributed by atoms with Gasteiger partial charge in [-0.1, -0.05) is 0 Å². The molecule has 2 N–H and O–H groups in total. The normalized spacial score (nSPS) is 17.1. The third kappa shape index (κ3) is 4.92. The van der Waals surface area contributed by atoms with Gasteiger partial charge in [-0.2, -0.15) is 0 Å². The van der Waals surface area contributed by atoms with Crippen LogP contribution in [-0.2, 0) is 9.53 Å². The van der Waals surface area contributed by atoms with Gasteiger partial charge in [0.15, 0.2) is 0 Å². The lowest BCUT2D eigenvalue weighted by molar-refractivity contribution is -0.145. The Morgan fingerprint density at radius 2 is 2.12 bits per heavy atom. The Morgan fingerprint density at radius 1 is 1.56 bits per heavy atom. The lowest BCUT2D eigenvalue weighted by atomic mass is 9.98. The summed E-state index contributed by atoms with van der Waals surface area (Å²) in [5, 5.41) is 12.3. The molecule has 0 aromatic heterocycles. The van der Waals surface area contributed by atoms with Crippen molar-refractivity contribution in [3.05, 3.63) is 0 Å². The third-order valence-electron chi connectivity index (χ3n) is 2.95. The highest BCUT2D eigenvalue weighted by molar-refractivity contribution is 5.78. The Morgan fingerprint density at radius 3 is 2.50 bits per heavy atom. The molecular weight excluding hydrogens is 208 g/mol. The number of carbonyl (C=O) groups is 1. The van der Waals surface area contributed by atoms with Gasteiger partial charge < -0.3 is 20.1 Å². The van der Waals surface area contributed by atoms with E-state index in [1.807, 2.05) is 25.9 Å². The van der Waals surface area contributed by atoms with Crippen molar-refractivity contribution in [1.82, 2.24) is 10.2 Å². The quantitative estimate of drug-likeness (QED) is 0.634. The van der Waals surface area contributed by atoms with Gasteiger partial charge in [0.05, 0.1) is 0 Å². The number of likely N-dealkylation sites (N-methyl/N-ethyl adjacent to an activating group) is 1. The van der Waals surface area contributed by atoms with Gasteiger partial charge in [-0.3, -0.25) is 4.79 Å². The van der Waals surface area contributed by atoms with Crippen LogP contribution in [-0.4, -0.2) is 61.9 Å². The summed E-state index contributed by atoms with van der Waals surface area (Å²) in [4.78, 5) is 13.2. The third-order valence-corrected chi connectivity index (χ3v) is 2.95. The summed E-state index contributed by atoms with van der Waals surface area (Å²) in [5.74, 6) is -0.837. The average Bonchev–Trinajstić information content (AvgIpc) is 2.22. The molecule has 0 aliphatic carbocycles. The predicted octanol–water partition coefficient (Wildman–Crippen LogP) is 0.406. The lowest BCUT2D eigenvalue weighted by Crippen LogP contribution is -2.53. The Kier molecular flexibility index (Phi) is 6.55. The van der Waals surface area contributed by atoms with Crippen LogP contribution < -0.4 is 5.32 Å².